The third-order valence-corrected chi connectivity index (χ3v) is 11.3. The maximum absolute atomic E-state index is 12.8. The summed E-state index contributed by atoms with van der Waals surface area (Å²) in [5.41, 5.74) is 0. The van der Waals surface area contributed by atoms with Crippen LogP contribution in [0.1, 0.15) is 245 Å². The molecule has 0 spiro atoms. The van der Waals surface area contributed by atoms with Gasteiger partial charge in [-0.2, -0.15) is 0 Å². The first-order valence-corrected chi connectivity index (χ1v) is 27.2. The fourth-order valence-electron chi connectivity index (χ4n) is 7.21. The maximum atomic E-state index is 12.8. The molecule has 1 unspecified atom stereocenters. The smallest absolute Gasteiger partial charge is 0.306 e. The topological polar surface area (TPSA) is 78.9 Å². The van der Waals surface area contributed by atoms with E-state index in [1.165, 1.54) is 64.2 Å². The van der Waals surface area contributed by atoms with Crippen LogP contribution in [0.4, 0.5) is 0 Å². The van der Waals surface area contributed by atoms with Gasteiger partial charge in [-0.1, -0.05) is 208 Å². The number of ether oxygens (including phenoxy) is 3. The lowest BCUT2D eigenvalue weighted by atomic mass is 10.1. The van der Waals surface area contributed by atoms with Crippen LogP contribution in [0.3, 0.4) is 0 Å². The van der Waals surface area contributed by atoms with Crippen molar-refractivity contribution in [3.63, 3.8) is 0 Å². The van der Waals surface area contributed by atoms with Crippen LogP contribution in [0.25, 0.3) is 0 Å². The van der Waals surface area contributed by atoms with Crippen LogP contribution in [0.2, 0.25) is 0 Å². The molecule has 376 valence electrons. The van der Waals surface area contributed by atoms with Gasteiger partial charge in [0.05, 0.1) is 0 Å². The molecule has 0 heterocycles. The zero-order valence-corrected chi connectivity index (χ0v) is 42.9. The van der Waals surface area contributed by atoms with E-state index >= 15 is 0 Å². The van der Waals surface area contributed by atoms with Crippen LogP contribution < -0.4 is 0 Å². The summed E-state index contributed by atoms with van der Waals surface area (Å²) in [7, 11) is 0. The Labute approximate surface area is 407 Å². The molecule has 0 aromatic rings. The van der Waals surface area contributed by atoms with Gasteiger partial charge in [-0.25, -0.2) is 0 Å². The number of carbonyl (C=O) groups excluding carboxylic acids is 3. The number of allylic oxidation sites excluding steroid dienone is 16. The van der Waals surface area contributed by atoms with Gasteiger partial charge >= 0.3 is 17.9 Å². The minimum absolute atomic E-state index is 0.0997. The molecule has 1 atom stereocenters. The molecular formula is C60H100O6. The van der Waals surface area contributed by atoms with Crippen LogP contribution in [0, 0.1) is 0 Å². The van der Waals surface area contributed by atoms with Crippen molar-refractivity contribution in [2.24, 2.45) is 0 Å². The zero-order valence-electron chi connectivity index (χ0n) is 42.9. The first kappa shape index (κ1) is 62.3. The third-order valence-electron chi connectivity index (χ3n) is 11.3. The van der Waals surface area contributed by atoms with Gasteiger partial charge in [-0.3, -0.25) is 14.4 Å². The minimum atomic E-state index is -0.802. The fourth-order valence-corrected chi connectivity index (χ4v) is 7.21. The summed E-state index contributed by atoms with van der Waals surface area (Å²) in [4.78, 5) is 38.1. The van der Waals surface area contributed by atoms with Gasteiger partial charge in [-0.05, 0) is 116 Å². The Morgan fingerprint density at radius 2 is 0.621 bits per heavy atom. The summed E-state index contributed by atoms with van der Waals surface area (Å²) < 4.78 is 16.8. The Morgan fingerprint density at radius 1 is 0.318 bits per heavy atom. The third kappa shape index (κ3) is 51.3. The van der Waals surface area contributed by atoms with Gasteiger partial charge in [0.2, 0.25) is 0 Å². The van der Waals surface area contributed by atoms with Crippen molar-refractivity contribution < 1.29 is 28.6 Å². The monoisotopic (exact) mass is 917 g/mol. The van der Waals surface area contributed by atoms with Crippen LogP contribution in [-0.4, -0.2) is 37.2 Å². The second-order valence-corrected chi connectivity index (χ2v) is 17.7. The van der Waals surface area contributed by atoms with E-state index in [9.17, 15) is 14.4 Å². The van der Waals surface area contributed by atoms with Gasteiger partial charge in [0.15, 0.2) is 6.10 Å². The van der Waals surface area contributed by atoms with E-state index in [0.717, 1.165) is 141 Å². The molecule has 0 fully saturated rings. The van der Waals surface area contributed by atoms with E-state index in [4.69, 9.17) is 14.2 Å². The first-order chi connectivity index (χ1) is 32.5. The summed E-state index contributed by atoms with van der Waals surface area (Å²) in [5.74, 6) is -0.955. The Balaban J connectivity index is 4.47. The SMILES string of the molecule is CC/C=C\C/C=C\C/C=C\C/C=C\C/C=C\CCCCCC(=O)OCC(COC(=O)CCCCCCC/C=C\C/C=C\CCC)OC(=O)CCCCCCC/C=C\CCCCCCCCC. The molecule has 0 aromatic heterocycles. The van der Waals surface area contributed by atoms with Gasteiger partial charge < -0.3 is 14.2 Å². The summed E-state index contributed by atoms with van der Waals surface area (Å²) in [6.07, 6.45) is 71.0. The lowest BCUT2D eigenvalue weighted by Gasteiger charge is -2.18. The summed E-state index contributed by atoms with van der Waals surface area (Å²) >= 11 is 0. The van der Waals surface area contributed by atoms with Crippen molar-refractivity contribution >= 4 is 17.9 Å². The molecule has 0 aliphatic carbocycles. The standard InChI is InChI=1S/C60H100O6/c1-4-7-10-13-16-19-22-25-27-29-30-31-33-35-38-41-44-47-50-53-59(62)65-56-57(55-64-58(61)52-49-46-43-40-37-34-24-21-18-15-12-9-6-3)66-60(63)54-51-48-45-42-39-36-32-28-26-23-20-17-14-11-8-5-2/h7,10,12,15-16,19,21,24-25,27-28,30-32,35,38,57H,4-6,8-9,11,13-14,17-18,20,22-23,26,29,33-34,36-37,39-56H2,1-3H3/b10-7-,15-12-,19-16-,24-21-,27-25-,31-30-,32-28-,38-35-. The molecule has 6 heteroatoms. The summed E-state index contributed by atoms with van der Waals surface area (Å²) in [6.45, 7) is 6.41. The number of unbranched alkanes of at least 4 members (excludes halogenated alkanes) is 21. The van der Waals surface area contributed by atoms with Crippen LogP contribution in [-0.2, 0) is 28.6 Å². The van der Waals surface area contributed by atoms with Crippen LogP contribution >= 0.6 is 0 Å². The summed E-state index contributed by atoms with van der Waals surface area (Å²) in [6, 6.07) is 0. The van der Waals surface area contributed by atoms with Crippen molar-refractivity contribution in [2.75, 3.05) is 13.2 Å². The Bertz CT molecular complexity index is 1330. The molecule has 0 aliphatic heterocycles. The molecular weight excluding hydrogens is 817 g/mol. The van der Waals surface area contributed by atoms with Crippen molar-refractivity contribution in [1.29, 1.82) is 0 Å². The van der Waals surface area contributed by atoms with E-state index in [1.54, 1.807) is 0 Å². The molecule has 0 radical (unpaired) electrons. The average Bonchev–Trinajstić information content (AvgIpc) is 3.31. The molecule has 0 aromatic carbocycles. The predicted molar refractivity (Wildman–Crippen MR) is 284 cm³/mol. The van der Waals surface area contributed by atoms with Crippen molar-refractivity contribution in [2.45, 2.75) is 252 Å². The Hall–Kier alpha value is -3.67. The highest BCUT2D eigenvalue weighted by molar-refractivity contribution is 5.71. The molecule has 0 saturated heterocycles. The first-order valence-electron chi connectivity index (χ1n) is 27.2. The van der Waals surface area contributed by atoms with Crippen molar-refractivity contribution in [3.8, 4) is 0 Å². The molecule has 0 amide bonds. The highest BCUT2D eigenvalue weighted by atomic mass is 16.6. The minimum Gasteiger partial charge on any atom is -0.462 e. The molecule has 0 N–H and O–H groups in total. The average molecular weight is 917 g/mol. The van der Waals surface area contributed by atoms with Crippen LogP contribution in [0.15, 0.2) is 97.2 Å². The largest absolute Gasteiger partial charge is 0.462 e. The second-order valence-electron chi connectivity index (χ2n) is 17.7. The molecule has 6 nitrogen and oxygen atoms in total. The fraction of sp³-hybridized carbons (Fsp3) is 0.683. The van der Waals surface area contributed by atoms with Gasteiger partial charge in [0.1, 0.15) is 13.2 Å². The second kappa shape index (κ2) is 53.9. The predicted octanol–water partition coefficient (Wildman–Crippen LogP) is 18.1. The van der Waals surface area contributed by atoms with Crippen LogP contribution in [0.5, 0.6) is 0 Å². The lowest BCUT2D eigenvalue weighted by molar-refractivity contribution is -0.167. The van der Waals surface area contributed by atoms with E-state index < -0.39 is 6.10 Å². The molecule has 0 aliphatic rings. The lowest BCUT2D eigenvalue weighted by Crippen LogP contribution is -2.30. The molecule has 0 rings (SSSR count). The number of esters is 3. The van der Waals surface area contributed by atoms with E-state index in [0.29, 0.717) is 19.3 Å². The quantitative estimate of drug-likeness (QED) is 0.0262. The van der Waals surface area contributed by atoms with E-state index in [1.807, 2.05) is 0 Å². The van der Waals surface area contributed by atoms with Gasteiger partial charge in [0.25, 0.3) is 0 Å². The normalized spacial score (nSPS) is 12.8. The highest BCUT2D eigenvalue weighted by Crippen LogP contribution is 2.13. The van der Waals surface area contributed by atoms with Gasteiger partial charge in [0, 0.05) is 19.3 Å². The highest BCUT2D eigenvalue weighted by Gasteiger charge is 2.19. The van der Waals surface area contributed by atoms with E-state index in [-0.39, 0.29) is 31.1 Å². The molecule has 0 bridgehead atoms. The number of hydrogen-bond donors (Lipinski definition) is 0. The molecule has 0 saturated carbocycles. The van der Waals surface area contributed by atoms with Gasteiger partial charge in [-0.15, -0.1) is 0 Å². The number of hydrogen-bond acceptors (Lipinski definition) is 6. The Kier molecular flexibility index (Phi) is 50.9. The number of carbonyl (C=O) groups is 3. The zero-order chi connectivity index (χ0) is 47.9. The van der Waals surface area contributed by atoms with Crippen molar-refractivity contribution in [3.05, 3.63) is 97.2 Å². The van der Waals surface area contributed by atoms with E-state index in [2.05, 4.69) is 118 Å². The molecule has 66 heavy (non-hydrogen) atoms. The maximum Gasteiger partial charge on any atom is 0.306 e. The van der Waals surface area contributed by atoms with Crippen molar-refractivity contribution in [1.82, 2.24) is 0 Å². The Morgan fingerprint density at radius 3 is 1.02 bits per heavy atom. The number of rotatable bonds is 48. The summed E-state index contributed by atoms with van der Waals surface area (Å²) in [5, 5.41) is 0.